The number of rotatable bonds is 44. The highest BCUT2D eigenvalue weighted by Gasteiger charge is 2.31. The van der Waals surface area contributed by atoms with Crippen LogP contribution in [0.5, 0.6) is 0 Å². The molecule has 0 bridgehead atoms. The molecule has 0 spiro atoms. The van der Waals surface area contributed by atoms with Gasteiger partial charge in [-0.1, -0.05) is 180 Å². The van der Waals surface area contributed by atoms with Crippen LogP contribution in [0.25, 0.3) is 0 Å². The normalized spacial score (nSPS) is 13.9. The van der Waals surface area contributed by atoms with Gasteiger partial charge in [-0.15, -0.1) is 0 Å². The van der Waals surface area contributed by atoms with E-state index in [-0.39, 0.29) is 42.7 Å². The van der Waals surface area contributed by atoms with E-state index in [0.29, 0.717) is 19.3 Å². The summed E-state index contributed by atoms with van der Waals surface area (Å²) in [6, 6.07) is -0.633. The number of nitrogens with zero attached hydrogens (tertiary/aromatic N) is 1. The number of ether oxygens (including phenoxy) is 3. The molecular weight excluding hydrogens is 823 g/mol. The van der Waals surface area contributed by atoms with Gasteiger partial charge in [0.15, 0.2) is 12.1 Å². The van der Waals surface area contributed by atoms with Crippen molar-refractivity contribution in [3.63, 3.8) is 0 Å². The second kappa shape index (κ2) is 47.2. The minimum atomic E-state index is -0.888. The minimum Gasteiger partial charge on any atom is -0.477 e. The van der Waals surface area contributed by atoms with Gasteiger partial charge in [0.25, 0.3) is 0 Å². The van der Waals surface area contributed by atoms with Crippen molar-refractivity contribution in [2.75, 3.05) is 41.0 Å². The molecule has 2 atom stereocenters. The zero-order valence-corrected chi connectivity index (χ0v) is 42.3. The fourth-order valence-electron chi connectivity index (χ4n) is 6.74. The Bertz CT molecular complexity index is 1490. The van der Waals surface area contributed by atoms with Gasteiger partial charge in [0.2, 0.25) is 0 Å². The summed E-state index contributed by atoms with van der Waals surface area (Å²) in [5.41, 5.74) is 0. The van der Waals surface area contributed by atoms with Gasteiger partial charge in [0.05, 0.1) is 34.4 Å². The van der Waals surface area contributed by atoms with Crippen LogP contribution >= 0.6 is 0 Å². The summed E-state index contributed by atoms with van der Waals surface area (Å²) in [6.45, 7) is 4.43. The van der Waals surface area contributed by atoms with E-state index in [1.807, 2.05) is 21.1 Å². The molecule has 0 heterocycles. The highest BCUT2D eigenvalue weighted by molar-refractivity contribution is 5.72. The third-order valence-corrected chi connectivity index (χ3v) is 10.6. The number of carboxylic acids is 1. The molecule has 66 heavy (non-hydrogen) atoms. The summed E-state index contributed by atoms with van der Waals surface area (Å²) in [4.78, 5) is 37.2. The minimum absolute atomic E-state index is 0.0322. The number of esters is 2. The van der Waals surface area contributed by atoms with Crippen molar-refractivity contribution in [2.24, 2.45) is 0 Å². The predicted octanol–water partition coefficient (Wildman–Crippen LogP) is 15.0. The summed E-state index contributed by atoms with van der Waals surface area (Å²) in [5, 5.41) is 9.66. The molecule has 8 heteroatoms. The fraction of sp³-hybridized carbons (Fsp3) is 0.603. The Hall–Kier alpha value is -4.27. The zero-order chi connectivity index (χ0) is 48.4. The number of aliphatic carboxylic acids is 1. The number of hydrogen-bond donors (Lipinski definition) is 1. The van der Waals surface area contributed by atoms with Crippen LogP contribution in [0, 0.1) is 0 Å². The Morgan fingerprint density at radius 2 is 0.818 bits per heavy atom. The first kappa shape index (κ1) is 61.7. The number of unbranched alkanes of at least 4 members (excludes halogenated alkanes) is 10. The second-order valence-electron chi connectivity index (χ2n) is 17.7. The largest absolute Gasteiger partial charge is 0.477 e. The maximum Gasteiger partial charge on any atom is 0.362 e. The lowest BCUT2D eigenvalue weighted by Crippen LogP contribution is -2.50. The van der Waals surface area contributed by atoms with Crippen molar-refractivity contribution in [2.45, 2.75) is 187 Å². The Morgan fingerprint density at radius 3 is 1.23 bits per heavy atom. The smallest absolute Gasteiger partial charge is 0.362 e. The standard InChI is InChI=1S/C58H93NO7/c1-6-8-10-12-14-16-18-20-22-24-26-28-29-31-33-35-37-39-41-43-45-47-49-57(61)66-54(52-64-51-50-55(58(62)63)59(3,4)5)53-65-56(60)48-46-44-42-40-38-36-34-32-30-27-25-23-21-19-17-15-13-11-9-7-2/h8-11,14-17,20-23,26-28,30,34,36,40,42,54-55H,6-7,12-13,18-19,24-25,29,31-33,35,37-39,41,43-53H2,1-5H3/p+1/b10-8+,11-9+,16-14+,17-15+,22-20+,23-21+,28-26+,30-27+,36-34+,42-40+. The van der Waals surface area contributed by atoms with Gasteiger partial charge in [-0.25, -0.2) is 4.79 Å². The fourth-order valence-corrected chi connectivity index (χ4v) is 6.74. The number of carbonyl (C=O) groups excluding carboxylic acids is 2. The average molecular weight is 917 g/mol. The maximum absolute atomic E-state index is 12.8. The van der Waals surface area contributed by atoms with E-state index in [1.165, 1.54) is 38.5 Å². The predicted molar refractivity (Wildman–Crippen MR) is 279 cm³/mol. The Labute approximate surface area is 403 Å². The van der Waals surface area contributed by atoms with Gasteiger partial charge in [0.1, 0.15) is 6.61 Å². The topological polar surface area (TPSA) is 99.1 Å². The molecule has 0 radical (unpaired) electrons. The summed E-state index contributed by atoms with van der Waals surface area (Å²) in [7, 11) is 5.50. The van der Waals surface area contributed by atoms with E-state index in [2.05, 4.69) is 135 Å². The molecule has 0 saturated heterocycles. The quantitative estimate of drug-likeness (QED) is 0.0281. The number of likely N-dealkylation sites (N-methyl/N-ethyl adjacent to an activating group) is 1. The van der Waals surface area contributed by atoms with E-state index >= 15 is 0 Å². The van der Waals surface area contributed by atoms with E-state index in [9.17, 15) is 19.5 Å². The van der Waals surface area contributed by atoms with Gasteiger partial charge in [-0.05, 0) is 96.3 Å². The Kier molecular flexibility index (Phi) is 44.2. The molecule has 1 N–H and O–H groups in total. The van der Waals surface area contributed by atoms with Crippen LogP contribution in [0.15, 0.2) is 122 Å². The van der Waals surface area contributed by atoms with E-state index in [4.69, 9.17) is 14.2 Å². The van der Waals surface area contributed by atoms with Gasteiger partial charge in [-0.3, -0.25) is 9.59 Å². The van der Waals surface area contributed by atoms with Crippen molar-refractivity contribution < 1.29 is 38.2 Å². The highest BCUT2D eigenvalue weighted by Crippen LogP contribution is 2.14. The molecule has 0 aliphatic carbocycles. The lowest BCUT2D eigenvalue weighted by molar-refractivity contribution is -0.887. The monoisotopic (exact) mass is 917 g/mol. The lowest BCUT2D eigenvalue weighted by atomic mass is 10.1. The van der Waals surface area contributed by atoms with E-state index in [0.717, 1.165) is 96.3 Å². The molecule has 0 aromatic rings. The van der Waals surface area contributed by atoms with Crippen molar-refractivity contribution in [1.82, 2.24) is 0 Å². The molecule has 0 amide bonds. The molecule has 2 unspecified atom stereocenters. The molecule has 0 rings (SSSR count). The van der Waals surface area contributed by atoms with Crippen LogP contribution in [0.1, 0.15) is 174 Å². The van der Waals surface area contributed by atoms with Crippen LogP contribution < -0.4 is 0 Å². The number of carboxylic acid groups (broad SMARTS) is 1. The summed E-state index contributed by atoms with van der Waals surface area (Å²) < 4.78 is 17.3. The van der Waals surface area contributed by atoms with E-state index < -0.39 is 18.1 Å². The number of allylic oxidation sites excluding steroid dienone is 20. The van der Waals surface area contributed by atoms with Gasteiger partial charge in [0, 0.05) is 19.3 Å². The van der Waals surface area contributed by atoms with Crippen LogP contribution in [-0.4, -0.2) is 80.6 Å². The molecule has 0 aromatic heterocycles. The summed E-state index contributed by atoms with van der Waals surface area (Å²) >= 11 is 0. The number of carbonyl (C=O) groups is 3. The van der Waals surface area contributed by atoms with Crippen LogP contribution in [0.2, 0.25) is 0 Å². The molecule has 8 nitrogen and oxygen atoms in total. The number of hydrogen-bond acceptors (Lipinski definition) is 6. The molecule has 372 valence electrons. The first-order chi connectivity index (χ1) is 32.1. The molecule has 0 aliphatic rings. The summed E-state index contributed by atoms with van der Waals surface area (Å²) in [5.74, 6) is -1.56. The molecule has 0 aromatic carbocycles. The highest BCUT2D eigenvalue weighted by atomic mass is 16.6. The summed E-state index contributed by atoms with van der Waals surface area (Å²) in [6.07, 6.45) is 66.8. The average Bonchev–Trinajstić information content (AvgIpc) is 3.28. The Balaban J connectivity index is 4.38. The Morgan fingerprint density at radius 1 is 0.455 bits per heavy atom. The lowest BCUT2D eigenvalue weighted by Gasteiger charge is -2.31. The van der Waals surface area contributed by atoms with Gasteiger partial charge < -0.3 is 23.8 Å². The van der Waals surface area contributed by atoms with Crippen molar-refractivity contribution in [3.8, 4) is 0 Å². The SMILES string of the molecule is CC/C=C/C/C=C/C/C=C/C/C=C/C/C=C/C/C=C/CCCC(=O)OCC(COCCC(C(=O)O)[N+](C)(C)C)OC(=O)CCCCCCCCCCC/C=C/C/C=C/C/C=C/C/C=C/CC. The van der Waals surface area contributed by atoms with E-state index in [1.54, 1.807) is 0 Å². The van der Waals surface area contributed by atoms with Crippen LogP contribution in [0.4, 0.5) is 0 Å². The van der Waals surface area contributed by atoms with Crippen molar-refractivity contribution in [1.29, 1.82) is 0 Å². The molecular formula is C58H94NO7+. The number of quaternary nitrogens is 1. The maximum atomic E-state index is 12.8. The van der Waals surface area contributed by atoms with Crippen molar-refractivity contribution >= 4 is 17.9 Å². The van der Waals surface area contributed by atoms with Crippen LogP contribution in [0.3, 0.4) is 0 Å². The van der Waals surface area contributed by atoms with Gasteiger partial charge >= 0.3 is 17.9 Å². The van der Waals surface area contributed by atoms with Crippen LogP contribution in [-0.2, 0) is 28.6 Å². The molecule has 0 fully saturated rings. The zero-order valence-electron chi connectivity index (χ0n) is 42.3. The first-order valence-corrected chi connectivity index (χ1v) is 25.6. The third-order valence-electron chi connectivity index (χ3n) is 10.6. The van der Waals surface area contributed by atoms with Crippen molar-refractivity contribution in [3.05, 3.63) is 122 Å². The first-order valence-electron chi connectivity index (χ1n) is 25.6. The van der Waals surface area contributed by atoms with Gasteiger partial charge in [-0.2, -0.15) is 0 Å². The molecule has 0 aliphatic heterocycles. The molecule has 0 saturated carbocycles. The second-order valence-corrected chi connectivity index (χ2v) is 17.7. The third kappa shape index (κ3) is 44.9.